The molecule has 0 radical (unpaired) electrons. The summed E-state index contributed by atoms with van der Waals surface area (Å²) in [6.45, 7) is 2.86. The Balaban J connectivity index is 2.40. The SMILES string of the molecule is CCn1nccc1CCCC(=O)O. The van der Waals surface area contributed by atoms with Gasteiger partial charge in [0.05, 0.1) is 0 Å². The normalized spacial score (nSPS) is 10.2. The molecular formula is C9H14N2O2. The quantitative estimate of drug-likeness (QED) is 0.747. The van der Waals surface area contributed by atoms with Gasteiger partial charge < -0.3 is 5.11 Å². The smallest absolute Gasteiger partial charge is 0.303 e. The maximum Gasteiger partial charge on any atom is 0.303 e. The largest absolute Gasteiger partial charge is 0.481 e. The van der Waals surface area contributed by atoms with Gasteiger partial charge in [-0.3, -0.25) is 9.48 Å². The number of carboxylic acids is 1. The third-order valence-corrected chi connectivity index (χ3v) is 1.93. The molecule has 0 fully saturated rings. The summed E-state index contributed by atoms with van der Waals surface area (Å²) in [5, 5.41) is 12.5. The lowest BCUT2D eigenvalue weighted by molar-refractivity contribution is -0.137. The molecule has 0 bridgehead atoms. The minimum atomic E-state index is -0.734. The van der Waals surface area contributed by atoms with Crippen LogP contribution in [0.5, 0.6) is 0 Å². The van der Waals surface area contributed by atoms with Crippen molar-refractivity contribution < 1.29 is 9.90 Å². The average molecular weight is 182 g/mol. The number of aromatic nitrogens is 2. The van der Waals surface area contributed by atoms with Crippen LogP contribution in [0, 0.1) is 0 Å². The first kappa shape index (κ1) is 9.77. The van der Waals surface area contributed by atoms with Crippen LogP contribution < -0.4 is 0 Å². The zero-order valence-corrected chi connectivity index (χ0v) is 7.73. The second-order valence-electron chi connectivity index (χ2n) is 2.89. The molecule has 72 valence electrons. The van der Waals surface area contributed by atoms with E-state index in [4.69, 9.17) is 5.11 Å². The van der Waals surface area contributed by atoms with Crippen LogP contribution in [-0.4, -0.2) is 20.9 Å². The van der Waals surface area contributed by atoms with Crippen LogP contribution in [-0.2, 0) is 17.8 Å². The summed E-state index contributed by atoms with van der Waals surface area (Å²) >= 11 is 0. The van der Waals surface area contributed by atoms with E-state index in [1.165, 1.54) is 0 Å². The van der Waals surface area contributed by atoms with Gasteiger partial charge in [-0.15, -0.1) is 0 Å². The molecule has 4 heteroatoms. The highest BCUT2D eigenvalue weighted by molar-refractivity contribution is 5.66. The number of hydrogen-bond donors (Lipinski definition) is 1. The molecule has 0 unspecified atom stereocenters. The van der Waals surface area contributed by atoms with Crippen molar-refractivity contribution in [2.45, 2.75) is 32.7 Å². The molecule has 1 N–H and O–H groups in total. The summed E-state index contributed by atoms with van der Waals surface area (Å²) < 4.78 is 1.89. The van der Waals surface area contributed by atoms with Gasteiger partial charge in [0.25, 0.3) is 0 Å². The maximum absolute atomic E-state index is 10.3. The van der Waals surface area contributed by atoms with E-state index < -0.39 is 5.97 Å². The molecule has 0 atom stereocenters. The van der Waals surface area contributed by atoms with E-state index >= 15 is 0 Å². The Morgan fingerprint density at radius 2 is 2.46 bits per heavy atom. The van der Waals surface area contributed by atoms with Gasteiger partial charge in [0.15, 0.2) is 0 Å². The molecule has 0 spiro atoms. The van der Waals surface area contributed by atoms with E-state index in [9.17, 15) is 4.79 Å². The molecule has 1 heterocycles. The summed E-state index contributed by atoms with van der Waals surface area (Å²) in [5.74, 6) is -0.734. The van der Waals surface area contributed by atoms with Crippen molar-refractivity contribution in [3.8, 4) is 0 Å². The Morgan fingerprint density at radius 1 is 1.69 bits per heavy atom. The molecule has 0 aromatic carbocycles. The minimum absolute atomic E-state index is 0.231. The van der Waals surface area contributed by atoms with Gasteiger partial charge in [-0.05, 0) is 25.8 Å². The van der Waals surface area contributed by atoms with Gasteiger partial charge in [0.1, 0.15) is 0 Å². The molecule has 13 heavy (non-hydrogen) atoms. The first-order valence-corrected chi connectivity index (χ1v) is 4.46. The highest BCUT2D eigenvalue weighted by atomic mass is 16.4. The third kappa shape index (κ3) is 2.89. The summed E-state index contributed by atoms with van der Waals surface area (Å²) in [7, 11) is 0. The van der Waals surface area contributed by atoms with Crippen LogP contribution in [0.2, 0.25) is 0 Å². The zero-order valence-electron chi connectivity index (χ0n) is 7.73. The van der Waals surface area contributed by atoms with Crippen molar-refractivity contribution in [3.05, 3.63) is 18.0 Å². The summed E-state index contributed by atoms with van der Waals surface area (Å²) in [4.78, 5) is 10.3. The maximum atomic E-state index is 10.3. The van der Waals surface area contributed by atoms with E-state index in [1.807, 2.05) is 17.7 Å². The van der Waals surface area contributed by atoms with Crippen LogP contribution in [0.1, 0.15) is 25.5 Å². The minimum Gasteiger partial charge on any atom is -0.481 e. The first-order chi connectivity index (χ1) is 6.24. The van der Waals surface area contributed by atoms with Gasteiger partial charge in [-0.1, -0.05) is 0 Å². The number of rotatable bonds is 5. The number of aliphatic carboxylic acids is 1. The van der Waals surface area contributed by atoms with Crippen molar-refractivity contribution >= 4 is 5.97 Å². The van der Waals surface area contributed by atoms with E-state index in [-0.39, 0.29) is 6.42 Å². The Bertz CT molecular complexity index is 281. The predicted molar refractivity (Wildman–Crippen MR) is 48.5 cm³/mol. The van der Waals surface area contributed by atoms with E-state index in [2.05, 4.69) is 5.10 Å². The van der Waals surface area contributed by atoms with Crippen LogP contribution in [0.3, 0.4) is 0 Å². The van der Waals surface area contributed by atoms with Gasteiger partial charge in [0.2, 0.25) is 0 Å². The molecule has 0 aliphatic rings. The molecule has 0 amide bonds. The van der Waals surface area contributed by atoms with E-state index in [1.54, 1.807) is 6.20 Å². The van der Waals surface area contributed by atoms with Crippen molar-refractivity contribution in [3.63, 3.8) is 0 Å². The molecule has 1 aromatic rings. The first-order valence-electron chi connectivity index (χ1n) is 4.46. The monoisotopic (exact) mass is 182 g/mol. The van der Waals surface area contributed by atoms with Crippen LogP contribution in [0.15, 0.2) is 12.3 Å². The topological polar surface area (TPSA) is 55.1 Å². The molecule has 4 nitrogen and oxygen atoms in total. The highest BCUT2D eigenvalue weighted by Crippen LogP contribution is 2.04. The van der Waals surface area contributed by atoms with E-state index in [0.717, 1.165) is 18.7 Å². The van der Waals surface area contributed by atoms with Crippen molar-refractivity contribution in [2.75, 3.05) is 0 Å². The van der Waals surface area contributed by atoms with Gasteiger partial charge in [-0.2, -0.15) is 5.10 Å². The second kappa shape index (κ2) is 4.64. The Kier molecular flexibility index (Phi) is 3.49. The fraction of sp³-hybridized carbons (Fsp3) is 0.556. The van der Waals surface area contributed by atoms with Crippen molar-refractivity contribution in [1.82, 2.24) is 9.78 Å². The molecule has 1 rings (SSSR count). The number of hydrogen-bond acceptors (Lipinski definition) is 2. The van der Waals surface area contributed by atoms with Crippen LogP contribution in [0.25, 0.3) is 0 Å². The van der Waals surface area contributed by atoms with Crippen molar-refractivity contribution in [2.24, 2.45) is 0 Å². The average Bonchev–Trinajstić information content (AvgIpc) is 2.51. The number of nitrogens with zero attached hydrogens (tertiary/aromatic N) is 2. The Labute approximate surface area is 77.2 Å². The van der Waals surface area contributed by atoms with E-state index in [0.29, 0.717) is 6.42 Å². The zero-order chi connectivity index (χ0) is 9.68. The molecule has 1 aromatic heterocycles. The lowest BCUT2D eigenvalue weighted by Gasteiger charge is -2.02. The second-order valence-corrected chi connectivity index (χ2v) is 2.89. The fourth-order valence-electron chi connectivity index (χ4n) is 1.28. The van der Waals surface area contributed by atoms with Crippen molar-refractivity contribution in [1.29, 1.82) is 0 Å². The lowest BCUT2D eigenvalue weighted by atomic mass is 10.2. The molecule has 0 saturated carbocycles. The van der Waals surface area contributed by atoms with Gasteiger partial charge in [-0.25, -0.2) is 0 Å². The summed E-state index contributed by atoms with van der Waals surface area (Å²) in [6.07, 6.45) is 3.45. The van der Waals surface area contributed by atoms with Gasteiger partial charge >= 0.3 is 5.97 Å². The standard InChI is InChI=1S/C9H14N2O2/c1-2-11-8(6-7-10-11)4-3-5-9(12)13/h6-7H,2-5H2,1H3,(H,12,13). The third-order valence-electron chi connectivity index (χ3n) is 1.93. The molecular weight excluding hydrogens is 168 g/mol. The lowest BCUT2D eigenvalue weighted by Crippen LogP contribution is -2.03. The number of carboxylic acid groups (broad SMARTS) is 1. The Morgan fingerprint density at radius 3 is 3.08 bits per heavy atom. The molecule has 0 aliphatic heterocycles. The molecule has 0 saturated heterocycles. The predicted octanol–water partition coefficient (Wildman–Crippen LogP) is 1.31. The number of carbonyl (C=O) groups is 1. The highest BCUT2D eigenvalue weighted by Gasteiger charge is 2.02. The van der Waals surface area contributed by atoms with Crippen LogP contribution in [0.4, 0.5) is 0 Å². The summed E-state index contributed by atoms with van der Waals surface area (Å²) in [5.41, 5.74) is 1.11. The Hall–Kier alpha value is -1.32. The van der Waals surface area contributed by atoms with Crippen LogP contribution >= 0.6 is 0 Å². The fourth-order valence-corrected chi connectivity index (χ4v) is 1.28. The van der Waals surface area contributed by atoms with Gasteiger partial charge in [0, 0.05) is 24.9 Å². The summed E-state index contributed by atoms with van der Waals surface area (Å²) in [6, 6.07) is 1.94. The molecule has 0 aliphatic carbocycles. The number of aryl methyl sites for hydroxylation is 2.